The molecule has 0 aliphatic carbocycles. The number of nitrogens with zero attached hydrogens (tertiary/aromatic N) is 2. The number of pyridine rings is 2. The molecule has 25 heavy (non-hydrogen) atoms. The van der Waals surface area contributed by atoms with Gasteiger partial charge in [-0.3, -0.25) is 4.79 Å². The molecule has 2 aromatic rings. The van der Waals surface area contributed by atoms with Gasteiger partial charge in [-0.1, -0.05) is 23.2 Å². The summed E-state index contributed by atoms with van der Waals surface area (Å²) in [5, 5.41) is 3.56. The van der Waals surface area contributed by atoms with Gasteiger partial charge in [-0.2, -0.15) is 8.42 Å². The maximum Gasteiger partial charge on any atom is 0.283 e. The maximum atomic E-state index is 12.4. The molecule has 14 heteroatoms. The van der Waals surface area contributed by atoms with Crippen molar-refractivity contribution in [2.45, 2.75) is 9.92 Å². The van der Waals surface area contributed by atoms with Crippen molar-refractivity contribution in [2.24, 2.45) is 5.14 Å². The molecule has 134 valence electrons. The van der Waals surface area contributed by atoms with Crippen LogP contribution in [0.2, 0.25) is 10.3 Å². The number of hydrogen-bond acceptors (Lipinski definition) is 8. The van der Waals surface area contributed by atoms with Crippen molar-refractivity contribution >= 4 is 55.0 Å². The van der Waals surface area contributed by atoms with Gasteiger partial charge in [0, 0.05) is 0 Å². The molecule has 0 unspecified atom stereocenters. The number of rotatable bonds is 4. The number of carbonyl (C=O) groups is 1. The number of nitrogens with one attached hydrogen (secondary N) is 1. The molecule has 0 aliphatic heterocycles. The number of amides is 1. The van der Waals surface area contributed by atoms with Gasteiger partial charge in [-0.15, -0.1) is 0 Å². The van der Waals surface area contributed by atoms with Gasteiger partial charge in [-0.25, -0.2) is 28.2 Å². The Morgan fingerprint density at radius 2 is 1.68 bits per heavy atom. The van der Waals surface area contributed by atoms with Gasteiger partial charge >= 0.3 is 0 Å². The highest BCUT2D eigenvalue weighted by Gasteiger charge is 2.29. The summed E-state index contributed by atoms with van der Waals surface area (Å²) < 4.78 is 49.4. The summed E-state index contributed by atoms with van der Waals surface area (Å²) in [5.74, 6) is -1.48. The number of nitrogen functional groups attached to an aromatic ring is 1. The molecule has 5 N–H and O–H groups in total. The van der Waals surface area contributed by atoms with E-state index in [1.807, 2.05) is 0 Å². The first kappa shape index (κ1) is 19.3. The molecule has 0 bridgehead atoms. The van der Waals surface area contributed by atoms with Gasteiger partial charge < -0.3 is 5.73 Å². The molecule has 10 nitrogen and oxygen atoms in total. The van der Waals surface area contributed by atoms with Crippen molar-refractivity contribution in [3.05, 3.63) is 40.1 Å². The number of carbonyl (C=O) groups excluding carboxylic acids is 1. The van der Waals surface area contributed by atoms with Crippen LogP contribution < -0.4 is 15.6 Å². The van der Waals surface area contributed by atoms with Crippen molar-refractivity contribution in [1.29, 1.82) is 0 Å². The van der Waals surface area contributed by atoms with E-state index in [9.17, 15) is 21.6 Å². The molecular formula is C11H9Cl2N5O5S2. The largest absolute Gasteiger partial charge is 0.384 e. The first-order valence-corrected chi connectivity index (χ1v) is 9.89. The van der Waals surface area contributed by atoms with E-state index < -0.39 is 35.9 Å². The second-order valence-corrected chi connectivity index (χ2v) is 8.36. The van der Waals surface area contributed by atoms with E-state index in [0.717, 1.165) is 18.2 Å². The van der Waals surface area contributed by atoms with Crippen LogP contribution in [-0.4, -0.2) is 32.7 Å². The number of hydrogen-bond donors (Lipinski definition) is 3. The molecule has 1 amide bonds. The summed E-state index contributed by atoms with van der Waals surface area (Å²) in [6.07, 6.45) is 0. The molecule has 0 aromatic carbocycles. The van der Waals surface area contributed by atoms with E-state index in [2.05, 4.69) is 9.97 Å². The van der Waals surface area contributed by atoms with Gasteiger partial charge in [0.05, 0.1) is 5.56 Å². The summed E-state index contributed by atoms with van der Waals surface area (Å²) in [7, 11) is -9.19. The number of aromatic nitrogens is 2. The normalized spacial score (nSPS) is 12.0. The highest BCUT2D eigenvalue weighted by atomic mass is 35.5. The van der Waals surface area contributed by atoms with Crippen molar-refractivity contribution < 1.29 is 21.6 Å². The molecule has 2 aromatic heterocycles. The van der Waals surface area contributed by atoms with Crippen LogP contribution in [0.4, 0.5) is 5.82 Å². The van der Waals surface area contributed by atoms with Crippen molar-refractivity contribution in [1.82, 2.24) is 14.7 Å². The fraction of sp³-hybridized carbons (Fsp3) is 0. The highest BCUT2D eigenvalue weighted by Crippen LogP contribution is 2.21. The zero-order valence-electron chi connectivity index (χ0n) is 12.0. The van der Waals surface area contributed by atoms with E-state index in [1.54, 1.807) is 4.72 Å². The molecule has 0 saturated heterocycles. The summed E-state index contributed by atoms with van der Waals surface area (Å²) in [6.45, 7) is 0. The zero-order chi connectivity index (χ0) is 19.0. The Labute approximate surface area is 152 Å². The number of sulfonamides is 2. The summed E-state index contributed by atoms with van der Waals surface area (Å²) in [4.78, 5) is 18.3. The molecule has 2 heterocycles. The smallest absolute Gasteiger partial charge is 0.283 e. The number of nitrogens with two attached hydrogens (primary N) is 2. The van der Waals surface area contributed by atoms with Crippen LogP contribution >= 0.6 is 23.2 Å². The predicted molar refractivity (Wildman–Crippen MR) is 88.9 cm³/mol. The van der Waals surface area contributed by atoms with E-state index in [-0.39, 0.29) is 21.7 Å². The molecule has 2 rings (SSSR count). The molecule has 0 aliphatic rings. The molecular weight excluding hydrogens is 417 g/mol. The van der Waals surface area contributed by atoms with E-state index in [4.69, 9.17) is 34.1 Å². The molecule has 0 fully saturated rings. The highest BCUT2D eigenvalue weighted by molar-refractivity contribution is 7.92. The first-order valence-electron chi connectivity index (χ1n) is 6.10. The lowest BCUT2D eigenvalue weighted by molar-refractivity contribution is 0.0981. The second kappa shape index (κ2) is 6.72. The Morgan fingerprint density at radius 3 is 2.24 bits per heavy atom. The number of halogens is 2. The van der Waals surface area contributed by atoms with E-state index in [1.165, 1.54) is 6.07 Å². The topological polar surface area (TPSA) is 175 Å². The van der Waals surface area contributed by atoms with Crippen LogP contribution in [0, 0.1) is 0 Å². The Hall–Kier alpha value is -1.99. The van der Waals surface area contributed by atoms with Gasteiger partial charge in [0.25, 0.3) is 15.9 Å². The van der Waals surface area contributed by atoms with Crippen LogP contribution in [-0.2, 0) is 20.0 Å². The van der Waals surface area contributed by atoms with Crippen molar-refractivity contribution in [2.75, 3.05) is 5.73 Å². The predicted octanol–water partition coefficient (Wildman–Crippen LogP) is 0.132. The Morgan fingerprint density at radius 1 is 1.04 bits per heavy atom. The quantitative estimate of drug-likeness (QED) is 0.578. The zero-order valence-corrected chi connectivity index (χ0v) is 15.1. The summed E-state index contributed by atoms with van der Waals surface area (Å²) >= 11 is 11.3. The molecule has 0 atom stereocenters. The van der Waals surface area contributed by atoms with Crippen LogP contribution in [0.25, 0.3) is 0 Å². The fourth-order valence-electron chi connectivity index (χ4n) is 1.66. The lowest BCUT2D eigenvalue weighted by Gasteiger charge is -2.10. The van der Waals surface area contributed by atoms with Crippen LogP contribution in [0.1, 0.15) is 10.4 Å². The van der Waals surface area contributed by atoms with Crippen LogP contribution in [0.15, 0.2) is 34.2 Å². The van der Waals surface area contributed by atoms with Gasteiger partial charge in [0.2, 0.25) is 10.0 Å². The third-order valence-corrected chi connectivity index (χ3v) is 5.54. The molecule has 0 radical (unpaired) electrons. The lowest BCUT2D eigenvalue weighted by Crippen LogP contribution is -2.33. The minimum Gasteiger partial charge on any atom is -0.384 e. The maximum absolute atomic E-state index is 12.4. The van der Waals surface area contributed by atoms with Crippen LogP contribution in [0.3, 0.4) is 0 Å². The number of anilines is 1. The second-order valence-electron chi connectivity index (χ2n) is 4.49. The summed E-state index contributed by atoms with van der Waals surface area (Å²) in [6, 6.07) is 4.24. The molecule has 0 saturated carbocycles. The van der Waals surface area contributed by atoms with Gasteiger partial charge in [0.1, 0.15) is 21.0 Å². The monoisotopic (exact) mass is 425 g/mol. The standard InChI is InChI=1S/C11H9Cl2N5O5S2/c12-7-3-1-5(9(13)16-7)10(19)18-25(22,23)11-6(24(15,20)21)2-4-8(14)17-11/h1-4H,(H2,14,17)(H,18,19)(H2,15,20,21). The Balaban J connectivity index is 2.50. The fourth-order valence-corrected chi connectivity index (χ4v) is 4.32. The van der Waals surface area contributed by atoms with Crippen molar-refractivity contribution in [3.63, 3.8) is 0 Å². The Bertz CT molecular complexity index is 1070. The van der Waals surface area contributed by atoms with Crippen LogP contribution in [0.5, 0.6) is 0 Å². The third-order valence-electron chi connectivity index (χ3n) is 2.69. The summed E-state index contributed by atoms with van der Waals surface area (Å²) in [5.41, 5.74) is 5.07. The van der Waals surface area contributed by atoms with E-state index in [0.29, 0.717) is 0 Å². The SMILES string of the molecule is Nc1ccc(S(N)(=O)=O)c(S(=O)(=O)NC(=O)c2ccc(Cl)nc2Cl)n1. The van der Waals surface area contributed by atoms with Gasteiger partial charge in [0.15, 0.2) is 5.03 Å². The minimum absolute atomic E-state index is 0.0154. The molecule has 0 spiro atoms. The minimum atomic E-state index is -4.74. The van der Waals surface area contributed by atoms with Gasteiger partial charge in [-0.05, 0) is 24.3 Å². The third kappa shape index (κ3) is 4.35. The van der Waals surface area contributed by atoms with E-state index >= 15 is 0 Å². The average molecular weight is 426 g/mol. The number of primary sulfonamides is 1. The lowest BCUT2D eigenvalue weighted by atomic mass is 10.3. The first-order chi connectivity index (χ1) is 11.4. The van der Waals surface area contributed by atoms with Crippen molar-refractivity contribution in [3.8, 4) is 0 Å². The average Bonchev–Trinajstić information content (AvgIpc) is 2.45. The Kier molecular flexibility index (Phi) is 5.20.